The largest absolute Gasteiger partial charge is 0.325 e. The van der Waals surface area contributed by atoms with E-state index in [0.29, 0.717) is 6.04 Å². The van der Waals surface area contributed by atoms with Gasteiger partial charge in [-0.2, -0.15) is 0 Å². The van der Waals surface area contributed by atoms with Gasteiger partial charge in [0.25, 0.3) is 0 Å². The molecule has 0 aliphatic carbocycles. The Bertz CT molecular complexity index is 594. The zero-order valence-corrected chi connectivity index (χ0v) is 14.6. The van der Waals surface area contributed by atoms with E-state index in [1.807, 2.05) is 0 Å². The fourth-order valence-electron chi connectivity index (χ4n) is 2.42. The van der Waals surface area contributed by atoms with Crippen molar-refractivity contribution >= 4 is 27.0 Å². The lowest BCUT2D eigenvalue weighted by Crippen LogP contribution is -2.37. The van der Waals surface area contributed by atoms with Crippen LogP contribution >= 0.6 is 15.9 Å². The van der Waals surface area contributed by atoms with E-state index >= 15 is 0 Å². The van der Waals surface area contributed by atoms with Crippen molar-refractivity contribution in [3.05, 3.63) is 28.5 Å². The second-order valence-corrected chi connectivity index (χ2v) is 7.47. The van der Waals surface area contributed by atoms with Crippen LogP contribution in [0.15, 0.2) is 22.7 Å². The summed E-state index contributed by atoms with van der Waals surface area (Å²) < 4.78 is 3.42. The third kappa shape index (κ3) is 3.61. The molecule has 1 N–H and O–H groups in total. The molecule has 0 saturated heterocycles. The van der Waals surface area contributed by atoms with Crippen molar-refractivity contribution in [3.8, 4) is 0 Å². The van der Waals surface area contributed by atoms with Crippen LogP contribution in [0.1, 0.15) is 46.5 Å². The molecular weight excluding hydrogens is 314 g/mol. The van der Waals surface area contributed by atoms with Crippen molar-refractivity contribution in [2.45, 2.75) is 52.6 Å². The van der Waals surface area contributed by atoms with Gasteiger partial charge < -0.3 is 9.88 Å². The number of imidazole rings is 1. The minimum absolute atomic E-state index is 0.151. The SMILES string of the molecule is CC(C)n1c(CCNC(C)(C)C)nc2cc(Br)ccc21. The van der Waals surface area contributed by atoms with Gasteiger partial charge in [0.1, 0.15) is 5.82 Å². The first-order valence-electron chi connectivity index (χ1n) is 7.19. The van der Waals surface area contributed by atoms with E-state index in [1.165, 1.54) is 5.52 Å². The van der Waals surface area contributed by atoms with Crippen LogP contribution in [0.5, 0.6) is 0 Å². The minimum atomic E-state index is 0.151. The van der Waals surface area contributed by atoms with Crippen molar-refractivity contribution in [2.24, 2.45) is 0 Å². The number of fused-ring (bicyclic) bond motifs is 1. The zero-order chi connectivity index (χ0) is 14.9. The molecule has 0 spiro atoms. The summed E-state index contributed by atoms with van der Waals surface area (Å²) in [5, 5.41) is 3.53. The molecule has 1 aromatic carbocycles. The maximum Gasteiger partial charge on any atom is 0.111 e. The second kappa shape index (κ2) is 5.86. The summed E-state index contributed by atoms with van der Waals surface area (Å²) in [7, 11) is 0. The summed E-state index contributed by atoms with van der Waals surface area (Å²) >= 11 is 3.52. The number of hydrogen-bond acceptors (Lipinski definition) is 2. The highest BCUT2D eigenvalue weighted by Crippen LogP contribution is 2.24. The molecule has 0 amide bonds. The average molecular weight is 338 g/mol. The first kappa shape index (κ1) is 15.5. The van der Waals surface area contributed by atoms with Crippen LogP contribution in [0.3, 0.4) is 0 Å². The molecule has 0 fully saturated rings. The Morgan fingerprint density at radius 1 is 1.30 bits per heavy atom. The predicted molar refractivity (Wildman–Crippen MR) is 89.3 cm³/mol. The molecule has 0 bridgehead atoms. The lowest BCUT2D eigenvalue weighted by molar-refractivity contribution is 0.424. The van der Waals surface area contributed by atoms with E-state index in [1.54, 1.807) is 0 Å². The predicted octanol–water partition coefficient (Wildman–Crippen LogP) is 4.31. The smallest absolute Gasteiger partial charge is 0.111 e. The first-order chi connectivity index (χ1) is 9.28. The standard InChI is InChI=1S/C16H24BrN3/c1-11(2)20-14-7-6-12(17)10-13(14)19-15(20)8-9-18-16(3,4)5/h6-7,10-11,18H,8-9H2,1-5H3. The molecule has 0 atom stereocenters. The number of aromatic nitrogens is 2. The van der Waals surface area contributed by atoms with Crippen molar-refractivity contribution in [1.29, 1.82) is 0 Å². The Kier molecular flexibility index (Phi) is 4.55. The monoisotopic (exact) mass is 337 g/mol. The van der Waals surface area contributed by atoms with Crippen LogP contribution in [0, 0.1) is 0 Å². The van der Waals surface area contributed by atoms with Gasteiger partial charge in [0.2, 0.25) is 0 Å². The molecule has 0 aliphatic heterocycles. The molecule has 0 radical (unpaired) electrons. The molecule has 2 aromatic rings. The normalized spacial score (nSPS) is 12.6. The van der Waals surface area contributed by atoms with Crippen molar-refractivity contribution < 1.29 is 0 Å². The van der Waals surface area contributed by atoms with Crippen LogP contribution in [0.2, 0.25) is 0 Å². The topological polar surface area (TPSA) is 29.9 Å². The highest BCUT2D eigenvalue weighted by atomic mass is 79.9. The van der Waals surface area contributed by atoms with Gasteiger partial charge in [-0.05, 0) is 52.8 Å². The third-order valence-corrected chi connectivity index (χ3v) is 3.74. The van der Waals surface area contributed by atoms with E-state index in [0.717, 1.165) is 28.8 Å². The Morgan fingerprint density at radius 3 is 2.60 bits per heavy atom. The van der Waals surface area contributed by atoms with Gasteiger partial charge in [-0.3, -0.25) is 0 Å². The molecule has 4 heteroatoms. The fourth-order valence-corrected chi connectivity index (χ4v) is 2.77. The Labute approximate surface area is 129 Å². The van der Waals surface area contributed by atoms with Gasteiger partial charge in [-0.15, -0.1) is 0 Å². The highest BCUT2D eigenvalue weighted by molar-refractivity contribution is 9.10. The molecule has 110 valence electrons. The quantitative estimate of drug-likeness (QED) is 0.900. The molecule has 1 aromatic heterocycles. The van der Waals surface area contributed by atoms with Gasteiger partial charge in [-0.25, -0.2) is 4.98 Å². The van der Waals surface area contributed by atoms with Crippen molar-refractivity contribution in [3.63, 3.8) is 0 Å². The molecule has 20 heavy (non-hydrogen) atoms. The minimum Gasteiger partial charge on any atom is -0.325 e. The number of hydrogen-bond donors (Lipinski definition) is 1. The van der Waals surface area contributed by atoms with Gasteiger partial charge >= 0.3 is 0 Å². The molecule has 1 heterocycles. The molecule has 0 unspecified atom stereocenters. The number of benzene rings is 1. The van der Waals surface area contributed by atoms with Gasteiger partial charge in [0, 0.05) is 29.0 Å². The van der Waals surface area contributed by atoms with Gasteiger partial charge in [0.05, 0.1) is 11.0 Å². The van der Waals surface area contributed by atoms with Crippen molar-refractivity contribution in [2.75, 3.05) is 6.54 Å². The first-order valence-corrected chi connectivity index (χ1v) is 7.98. The van der Waals surface area contributed by atoms with Crippen LogP contribution < -0.4 is 5.32 Å². The van der Waals surface area contributed by atoms with Crippen LogP contribution in [0.4, 0.5) is 0 Å². The van der Waals surface area contributed by atoms with Crippen LogP contribution in [0.25, 0.3) is 11.0 Å². The van der Waals surface area contributed by atoms with E-state index in [-0.39, 0.29) is 5.54 Å². The summed E-state index contributed by atoms with van der Waals surface area (Å²) in [6.07, 6.45) is 0.946. The molecule has 2 rings (SSSR count). The maximum atomic E-state index is 4.81. The number of nitrogens with one attached hydrogen (secondary N) is 1. The number of rotatable bonds is 4. The highest BCUT2D eigenvalue weighted by Gasteiger charge is 2.14. The number of nitrogens with zero attached hydrogens (tertiary/aromatic N) is 2. The van der Waals surface area contributed by atoms with E-state index in [2.05, 4.69) is 78.6 Å². The second-order valence-electron chi connectivity index (χ2n) is 6.55. The van der Waals surface area contributed by atoms with Crippen molar-refractivity contribution in [1.82, 2.24) is 14.9 Å². The summed E-state index contributed by atoms with van der Waals surface area (Å²) in [5.41, 5.74) is 2.44. The van der Waals surface area contributed by atoms with E-state index < -0.39 is 0 Å². The average Bonchev–Trinajstić information content (AvgIpc) is 2.64. The lowest BCUT2D eigenvalue weighted by atomic mass is 10.1. The Morgan fingerprint density at radius 2 is 2.00 bits per heavy atom. The van der Waals surface area contributed by atoms with Crippen LogP contribution in [-0.4, -0.2) is 21.6 Å². The zero-order valence-electron chi connectivity index (χ0n) is 13.0. The fraction of sp³-hybridized carbons (Fsp3) is 0.562. The lowest BCUT2D eigenvalue weighted by Gasteiger charge is -2.21. The summed E-state index contributed by atoms with van der Waals surface area (Å²) in [6, 6.07) is 6.74. The molecule has 0 saturated carbocycles. The summed E-state index contributed by atoms with van der Waals surface area (Å²) in [5.74, 6) is 1.16. The molecule has 3 nitrogen and oxygen atoms in total. The number of halogens is 1. The van der Waals surface area contributed by atoms with Gasteiger partial charge in [0.15, 0.2) is 0 Å². The summed E-state index contributed by atoms with van der Waals surface area (Å²) in [6.45, 7) is 11.9. The third-order valence-electron chi connectivity index (χ3n) is 3.24. The Balaban J connectivity index is 2.30. The van der Waals surface area contributed by atoms with E-state index in [9.17, 15) is 0 Å². The maximum absolute atomic E-state index is 4.81. The van der Waals surface area contributed by atoms with E-state index in [4.69, 9.17) is 4.98 Å². The van der Waals surface area contributed by atoms with Gasteiger partial charge in [-0.1, -0.05) is 15.9 Å². The Hall–Kier alpha value is -0.870. The molecular formula is C16H24BrN3. The molecule has 0 aliphatic rings. The van der Waals surface area contributed by atoms with Crippen LogP contribution in [-0.2, 0) is 6.42 Å². The summed E-state index contributed by atoms with van der Waals surface area (Å²) in [4.78, 5) is 4.81.